The molecule has 712 valence electrons. The summed E-state index contributed by atoms with van der Waals surface area (Å²) < 4.78 is 150. The van der Waals surface area contributed by atoms with Crippen molar-refractivity contribution in [2.24, 2.45) is 0 Å². The molecular weight excluding hydrogens is 1730 g/mol. The zero-order valence-corrected chi connectivity index (χ0v) is 73.5. The summed E-state index contributed by atoms with van der Waals surface area (Å²) in [5.41, 5.74) is 0. The maximum atomic E-state index is 14.4. The van der Waals surface area contributed by atoms with Gasteiger partial charge in [-0.15, -0.1) is 0 Å². The summed E-state index contributed by atoms with van der Waals surface area (Å²) in [6.07, 6.45) is -50.5. The fourth-order valence-corrected chi connectivity index (χ4v) is 16.4. The van der Waals surface area contributed by atoms with Crippen LogP contribution >= 0.6 is 11.8 Å². The van der Waals surface area contributed by atoms with E-state index in [-0.39, 0.29) is 55.1 Å². The molecule has 7 rings (SSSR count). The largest absolute Gasteiger partial charge is 0.463 e. The number of amides is 4. The summed E-state index contributed by atoms with van der Waals surface area (Å²) in [6, 6.07) is -0.124. The highest BCUT2D eigenvalue weighted by Crippen LogP contribution is 2.43. The lowest BCUT2D eigenvalue weighted by Crippen LogP contribution is -2.70. The molecule has 7 saturated heterocycles. The number of carbonyl (C=O) groups excluding carboxylic acids is 19. The molecule has 48 nitrogen and oxygen atoms in total. The van der Waals surface area contributed by atoms with Crippen molar-refractivity contribution >= 4 is 125 Å². The minimum Gasteiger partial charge on any atom is -0.463 e. The van der Waals surface area contributed by atoms with Crippen LogP contribution in [-0.2, 0) is 205 Å². The maximum absolute atomic E-state index is 14.4. The Labute approximate surface area is 731 Å². The van der Waals surface area contributed by atoms with Crippen LogP contribution in [-0.4, -0.2) is 329 Å². The summed E-state index contributed by atoms with van der Waals surface area (Å²) >= 11 is 1.76. The zero-order chi connectivity index (χ0) is 94.0. The van der Waals surface area contributed by atoms with Gasteiger partial charge in [-0.25, -0.2) is 4.79 Å². The lowest BCUT2D eigenvalue weighted by atomic mass is 9.94. The number of esters is 16. The summed E-state index contributed by atoms with van der Waals surface area (Å²) in [5, 5.41) is 11.6. The van der Waals surface area contributed by atoms with E-state index in [1.165, 1.54) is 0 Å². The van der Waals surface area contributed by atoms with E-state index in [1.54, 1.807) is 11.8 Å². The second kappa shape index (κ2) is 49.3. The number of fused-ring (bicyclic) bond motifs is 1. The normalized spacial score (nSPS) is 31.7. The first-order valence-electron chi connectivity index (χ1n) is 40.6. The fraction of sp³-hybridized carbons (Fsp3) is 0.756. The molecule has 0 aromatic heterocycles. The van der Waals surface area contributed by atoms with Gasteiger partial charge in [-0.05, 0) is 25.7 Å². The maximum Gasteiger partial charge on any atom is 0.315 e. The Morgan fingerprint density at radius 2 is 0.583 bits per heavy atom. The van der Waals surface area contributed by atoms with Crippen molar-refractivity contribution in [2.45, 2.75) is 333 Å². The molecule has 0 unspecified atom stereocenters. The van der Waals surface area contributed by atoms with Gasteiger partial charge in [0.25, 0.3) is 0 Å². The van der Waals surface area contributed by atoms with Crippen LogP contribution in [0.3, 0.4) is 0 Å². The molecule has 7 aliphatic rings. The molecule has 49 heteroatoms. The van der Waals surface area contributed by atoms with Gasteiger partial charge in [-0.1, -0.05) is 12.8 Å². The first kappa shape index (κ1) is 104. The van der Waals surface area contributed by atoms with Crippen LogP contribution in [0.15, 0.2) is 0 Å². The minimum atomic E-state index is -2.51. The summed E-state index contributed by atoms with van der Waals surface area (Å²) in [7, 11) is 0. The van der Waals surface area contributed by atoms with Crippen molar-refractivity contribution < 1.29 is 210 Å². The highest BCUT2D eigenvalue weighted by Gasteiger charge is 2.64. The van der Waals surface area contributed by atoms with Gasteiger partial charge < -0.3 is 140 Å². The molecule has 0 saturated carbocycles. The zero-order valence-electron chi connectivity index (χ0n) is 72.6. The lowest BCUT2D eigenvalue weighted by Gasteiger charge is -2.52. The number of carbonyl (C=O) groups is 19. The van der Waals surface area contributed by atoms with E-state index in [0.29, 0.717) is 19.3 Å². The second-order valence-electron chi connectivity index (χ2n) is 30.1. The van der Waals surface area contributed by atoms with Crippen LogP contribution in [0.2, 0.25) is 0 Å². The number of rotatable bonds is 41. The first-order chi connectivity index (χ1) is 59.9. The average molecular weight is 1840 g/mol. The molecule has 127 heavy (non-hydrogen) atoms. The smallest absolute Gasteiger partial charge is 0.315 e. The summed E-state index contributed by atoms with van der Waals surface area (Å²) in [6.45, 7) is 9.96. The highest BCUT2D eigenvalue weighted by molar-refractivity contribution is 8.00. The Morgan fingerprint density at radius 3 is 0.913 bits per heavy atom. The van der Waals surface area contributed by atoms with Gasteiger partial charge in [0.1, 0.15) is 88.0 Å². The van der Waals surface area contributed by atoms with Crippen molar-refractivity contribution in [2.75, 3.05) is 45.3 Å². The number of ether oxygens (including phenoxy) is 25. The fourth-order valence-electron chi connectivity index (χ4n) is 14.9. The molecule has 4 N–H and O–H groups in total. The molecule has 0 bridgehead atoms. The van der Waals surface area contributed by atoms with Crippen LogP contribution in [0, 0.1) is 0 Å². The molecule has 7 heterocycles. The molecule has 0 spiro atoms. The molecule has 0 aromatic rings. The summed E-state index contributed by atoms with van der Waals surface area (Å²) in [4.78, 5) is 251. The van der Waals surface area contributed by atoms with Crippen molar-refractivity contribution in [3.63, 3.8) is 0 Å². The van der Waals surface area contributed by atoms with Gasteiger partial charge in [0, 0.05) is 141 Å². The number of unbranched alkanes of at least 4 members (excludes halogenated alkanes) is 3. The van der Waals surface area contributed by atoms with Crippen LogP contribution in [0.25, 0.3) is 0 Å². The highest BCUT2D eigenvalue weighted by atomic mass is 32.2. The molecule has 4 amide bonds. The first-order valence-corrected chi connectivity index (χ1v) is 41.6. The average Bonchev–Trinajstić information content (AvgIpc) is 1.51. The van der Waals surface area contributed by atoms with E-state index >= 15 is 0 Å². The molecule has 0 aromatic carbocycles. The van der Waals surface area contributed by atoms with Crippen LogP contribution < -0.4 is 21.3 Å². The predicted molar refractivity (Wildman–Crippen MR) is 411 cm³/mol. The quantitative estimate of drug-likeness (QED) is 0.0240. The lowest BCUT2D eigenvalue weighted by molar-refractivity contribution is -0.394. The Bertz CT molecular complexity index is 3920. The Kier molecular flexibility index (Phi) is 40.3. The standard InChI is InChI=1S/C78H110N4O44S/c1-32(83)102-26-49-58(107-37(6)88)63(112-42(11)93)68(73(118-49)81-56(100)24-18-17-21-25-79-55(99)23-20-19-22-54-57-48(31-127-54)80-78(101)82-57)126-77-72(117-47(16)98)67(62(111-41(10)92)53(122-77)30-106-36(5)87)125-76-71(116-46(15)97)66(61(110-40(9)91)52(121-76)29-105-35(4)86)124-75-70(115-45(14)96)65(60(109-39(8)90)51(120-75)28-104-34(3)85)123-74-69(114-44(13)95)64(113-43(12)94)59(108-38(7)89)50(119-74)27-103-33(2)84/h48-54,57-77H,17-31H2,1-16H3,(H,79,99)(H,81,100)(H2,80,82,101)/t48-,49+,50+,51+,52+,53+,54-,57-,58+,59+,60+,61+,62+,63-,64-,65-,66-,67-,68-,69-,70-,71-,72-,73-,74+,75+,76+,77+/m0/s1. The Hall–Kier alpha value is -10.3. The predicted octanol–water partition coefficient (Wildman–Crippen LogP) is -1.27. The van der Waals surface area contributed by atoms with E-state index in [1.807, 2.05) is 0 Å². The second-order valence-corrected chi connectivity index (χ2v) is 31.4. The van der Waals surface area contributed by atoms with Crippen molar-refractivity contribution in [1.82, 2.24) is 21.3 Å². The number of thioether (sulfide) groups is 1. The Morgan fingerprint density at radius 1 is 0.307 bits per heavy atom. The van der Waals surface area contributed by atoms with Gasteiger partial charge in [0.15, 0.2) is 98.5 Å². The summed E-state index contributed by atoms with van der Waals surface area (Å²) in [5.74, 6) is -18.2. The number of hydrogen-bond acceptors (Lipinski definition) is 45. The van der Waals surface area contributed by atoms with Gasteiger partial charge in [-0.3, -0.25) is 86.3 Å². The van der Waals surface area contributed by atoms with E-state index in [2.05, 4.69) is 21.3 Å². The van der Waals surface area contributed by atoms with E-state index in [0.717, 1.165) is 129 Å². The van der Waals surface area contributed by atoms with Gasteiger partial charge in [0.2, 0.25) is 11.8 Å². The molecular formula is C78H110N4O44S. The third-order valence-corrected chi connectivity index (χ3v) is 21.0. The molecule has 7 aliphatic heterocycles. The third-order valence-electron chi connectivity index (χ3n) is 19.5. The van der Waals surface area contributed by atoms with E-state index in [9.17, 15) is 91.1 Å². The number of hydrogen-bond donors (Lipinski definition) is 4. The monoisotopic (exact) mass is 1840 g/mol. The molecule has 28 atom stereocenters. The van der Waals surface area contributed by atoms with Crippen LogP contribution in [0.4, 0.5) is 4.79 Å². The van der Waals surface area contributed by atoms with Crippen LogP contribution in [0.5, 0.6) is 0 Å². The van der Waals surface area contributed by atoms with E-state index in [4.69, 9.17) is 118 Å². The number of nitrogens with one attached hydrogen (secondary N) is 4. The van der Waals surface area contributed by atoms with Gasteiger partial charge >= 0.3 is 102 Å². The minimum absolute atomic E-state index is 0.0184. The van der Waals surface area contributed by atoms with Crippen LogP contribution in [0.1, 0.15) is 162 Å². The van der Waals surface area contributed by atoms with Gasteiger partial charge in [0.05, 0.1) is 12.1 Å². The number of urea groups is 1. The van der Waals surface area contributed by atoms with Gasteiger partial charge in [-0.2, -0.15) is 11.8 Å². The molecule has 0 aliphatic carbocycles. The SMILES string of the molecule is CC(=O)OC[C@H]1O[C@H](O[C@@H]2[C@H](OC(C)=O)[C@@H](O[C@@H]3[C@H](OC(C)=O)[C@@H](O[C@@H]4[C@H](OC(C)=O)[C@@H](O[C@H]5[C@@H](OC(C)=O)[C@H](OC(C)=O)[C@@H](COC(C)=O)O[C@@H]5NC(=O)CCCCCNC(=O)CCCC[C@@H]5SC[C@@H]6NC(=O)N[C@@H]65)O[C@H](COC(C)=O)[C@H]4OC(C)=O)O[C@H](COC(C)=O)[C@H]3OC(C)=O)O[C@H](COC(C)=O)[C@H]2OC(C)=O)[C@@H](OC(C)=O)[C@@H](OC(C)=O)[C@@H]1OC(C)=O. The van der Waals surface area contributed by atoms with Crippen molar-refractivity contribution in [1.29, 1.82) is 0 Å². The molecule has 0 radical (unpaired) electrons. The topological polar surface area (TPSA) is 603 Å². The van der Waals surface area contributed by atoms with E-state index < -0.39 is 288 Å². The third kappa shape index (κ3) is 32.2. The van der Waals surface area contributed by atoms with Crippen molar-refractivity contribution in [3.05, 3.63) is 0 Å². The molecule has 7 fully saturated rings. The van der Waals surface area contributed by atoms with Crippen molar-refractivity contribution in [3.8, 4) is 0 Å². The Balaban J connectivity index is 1.35.